The van der Waals surface area contributed by atoms with Crippen molar-refractivity contribution in [1.29, 1.82) is 0 Å². The number of rotatable bonds is 15. The molecule has 0 aliphatic heterocycles. The van der Waals surface area contributed by atoms with Gasteiger partial charge in [0.25, 0.3) is 5.91 Å². The first-order chi connectivity index (χ1) is 21.9. The van der Waals surface area contributed by atoms with Crippen molar-refractivity contribution >= 4 is 17.7 Å². The van der Waals surface area contributed by atoms with E-state index < -0.39 is 11.8 Å². The maximum Gasteiger partial charge on any atom is 0.251 e. The molecule has 0 fully saturated rings. The van der Waals surface area contributed by atoms with Crippen LogP contribution in [0, 0.1) is 0 Å². The van der Waals surface area contributed by atoms with Gasteiger partial charge in [0, 0.05) is 31.7 Å². The molecule has 0 unspecified atom stereocenters. The van der Waals surface area contributed by atoms with Crippen LogP contribution in [0.5, 0.6) is 11.5 Å². The molecule has 4 aromatic carbocycles. The summed E-state index contributed by atoms with van der Waals surface area (Å²) in [5, 5.41) is 8.87. The largest absolute Gasteiger partial charge is 0.497 e. The fraction of sp³-hybridized carbons (Fsp3) is 0.250. The molecular weight excluding hydrogens is 568 g/mol. The van der Waals surface area contributed by atoms with Crippen molar-refractivity contribution in [3.05, 3.63) is 131 Å². The van der Waals surface area contributed by atoms with Crippen molar-refractivity contribution in [2.45, 2.75) is 31.8 Å². The van der Waals surface area contributed by atoms with Gasteiger partial charge in [0.1, 0.15) is 11.5 Å². The molecule has 4 rings (SSSR count). The third kappa shape index (κ3) is 9.42. The second-order valence-electron chi connectivity index (χ2n) is 10.4. The minimum absolute atomic E-state index is 0.0473. The Balaban J connectivity index is 1.48. The molecule has 0 aromatic heterocycles. The highest BCUT2D eigenvalue weighted by molar-refractivity contribution is 5.95. The molecule has 0 bridgehead atoms. The van der Waals surface area contributed by atoms with Crippen LogP contribution in [0.1, 0.15) is 51.4 Å². The zero-order chi connectivity index (χ0) is 32.0. The number of carbonyl (C=O) groups is 3. The maximum atomic E-state index is 13.7. The summed E-state index contributed by atoms with van der Waals surface area (Å²) in [6.45, 7) is 3.32. The van der Waals surface area contributed by atoms with Crippen LogP contribution in [-0.4, -0.2) is 44.5 Å². The number of methoxy groups -OCH3 is 1. The molecule has 9 nitrogen and oxygen atoms in total. The number of amides is 3. The van der Waals surface area contributed by atoms with Gasteiger partial charge in [-0.15, -0.1) is 0 Å². The summed E-state index contributed by atoms with van der Waals surface area (Å²) in [6, 6.07) is 31.0. The normalized spacial score (nSPS) is 12.0. The van der Waals surface area contributed by atoms with Crippen LogP contribution in [0.2, 0.25) is 0 Å². The summed E-state index contributed by atoms with van der Waals surface area (Å²) >= 11 is 0. The van der Waals surface area contributed by atoms with Crippen molar-refractivity contribution in [1.82, 2.24) is 16.0 Å². The van der Waals surface area contributed by atoms with Gasteiger partial charge < -0.3 is 31.2 Å². The molecule has 4 aromatic rings. The summed E-state index contributed by atoms with van der Waals surface area (Å²) in [7, 11) is 1.56. The predicted octanol–water partition coefficient (Wildman–Crippen LogP) is 4.28. The quantitative estimate of drug-likeness (QED) is 0.159. The van der Waals surface area contributed by atoms with Gasteiger partial charge in [-0.3, -0.25) is 14.4 Å². The van der Waals surface area contributed by atoms with Gasteiger partial charge in [-0.2, -0.15) is 0 Å². The Morgan fingerprint density at radius 3 is 1.82 bits per heavy atom. The summed E-state index contributed by atoms with van der Waals surface area (Å²) in [5.41, 5.74) is 9.57. The van der Waals surface area contributed by atoms with Crippen LogP contribution in [-0.2, 0) is 22.7 Å². The van der Waals surface area contributed by atoms with Crippen molar-refractivity contribution in [2.75, 3.05) is 26.8 Å². The number of hydrogen-bond donors (Lipinski definition) is 4. The Hall–Kier alpha value is -5.15. The molecule has 9 heteroatoms. The highest BCUT2D eigenvalue weighted by Crippen LogP contribution is 2.22. The molecular formula is C36H40N4O5. The molecule has 0 spiro atoms. The Morgan fingerprint density at radius 2 is 1.22 bits per heavy atom. The SMILES string of the molecule is CCOc1ccc([C@@H](CNC(=O)c2ccc(OC)cc2)C(=O)NC[C@H](C(=O)NCc2ccc(CN)cc2)c2ccccc2)cc1. The monoisotopic (exact) mass is 608 g/mol. The van der Waals surface area contributed by atoms with Gasteiger partial charge in [-0.25, -0.2) is 0 Å². The Labute approximate surface area is 264 Å². The summed E-state index contributed by atoms with van der Waals surface area (Å²) in [4.78, 5) is 40.1. The van der Waals surface area contributed by atoms with E-state index in [1.165, 1.54) is 0 Å². The third-order valence-corrected chi connectivity index (χ3v) is 7.45. The lowest BCUT2D eigenvalue weighted by atomic mass is 9.95. The molecule has 0 aliphatic carbocycles. The fourth-order valence-corrected chi connectivity index (χ4v) is 4.84. The van der Waals surface area contributed by atoms with Gasteiger partial charge in [-0.1, -0.05) is 66.7 Å². The van der Waals surface area contributed by atoms with Crippen LogP contribution >= 0.6 is 0 Å². The van der Waals surface area contributed by atoms with Crippen LogP contribution in [0.25, 0.3) is 0 Å². The molecule has 0 radical (unpaired) electrons. The minimum Gasteiger partial charge on any atom is -0.497 e. The van der Waals surface area contributed by atoms with Gasteiger partial charge >= 0.3 is 0 Å². The van der Waals surface area contributed by atoms with Crippen molar-refractivity contribution in [3.8, 4) is 11.5 Å². The van der Waals surface area contributed by atoms with Crippen molar-refractivity contribution in [2.24, 2.45) is 5.73 Å². The van der Waals surface area contributed by atoms with Crippen LogP contribution in [0.3, 0.4) is 0 Å². The molecule has 5 N–H and O–H groups in total. The number of ether oxygens (including phenoxy) is 2. The van der Waals surface area contributed by atoms with E-state index in [0.29, 0.717) is 42.3 Å². The number of nitrogens with two attached hydrogens (primary N) is 1. The number of carbonyl (C=O) groups excluding carboxylic acids is 3. The predicted molar refractivity (Wildman–Crippen MR) is 174 cm³/mol. The molecule has 3 amide bonds. The first-order valence-electron chi connectivity index (χ1n) is 14.9. The first kappa shape index (κ1) is 32.8. The molecule has 234 valence electrons. The maximum absolute atomic E-state index is 13.7. The van der Waals surface area contributed by atoms with Crippen LogP contribution < -0.4 is 31.2 Å². The number of nitrogens with one attached hydrogen (secondary N) is 3. The fourth-order valence-electron chi connectivity index (χ4n) is 4.84. The van der Waals surface area contributed by atoms with Crippen molar-refractivity contribution < 1.29 is 23.9 Å². The Morgan fingerprint density at radius 1 is 0.667 bits per heavy atom. The van der Waals surface area contributed by atoms with E-state index in [4.69, 9.17) is 15.2 Å². The first-order valence-corrected chi connectivity index (χ1v) is 14.9. The molecule has 0 aliphatic rings. The second-order valence-corrected chi connectivity index (χ2v) is 10.4. The lowest BCUT2D eigenvalue weighted by molar-refractivity contribution is -0.124. The highest BCUT2D eigenvalue weighted by atomic mass is 16.5. The highest BCUT2D eigenvalue weighted by Gasteiger charge is 2.26. The Kier molecular flexibility index (Phi) is 12.1. The van der Waals surface area contributed by atoms with Gasteiger partial charge in [0.2, 0.25) is 11.8 Å². The van der Waals surface area contributed by atoms with Gasteiger partial charge in [-0.05, 0) is 65.6 Å². The average Bonchev–Trinajstić information content (AvgIpc) is 3.09. The molecule has 0 saturated heterocycles. The van der Waals surface area contributed by atoms with E-state index in [1.807, 2.05) is 73.7 Å². The van der Waals surface area contributed by atoms with E-state index in [9.17, 15) is 14.4 Å². The summed E-state index contributed by atoms with van der Waals surface area (Å²) in [6.07, 6.45) is 0. The molecule has 0 heterocycles. The lowest BCUT2D eigenvalue weighted by Crippen LogP contribution is -2.41. The topological polar surface area (TPSA) is 132 Å². The van der Waals surface area contributed by atoms with Crippen LogP contribution in [0.4, 0.5) is 0 Å². The molecule has 0 saturated carbocycles. The van der Waals surface area contributed by atoms with E-state index in [-0.39, 0.29) is 30.8 Å². The summed E-state index contributed by atoms with van der Waals surface area (Å²) < 4.78 is 10.7. The zero-order valence-electron chi connectivity index (χ0n) is 25.6. The Bertz CT molecular complexity index is 1520. The lowest BCUT2D eigenvalue weighted by Gasteiger charge is -2.22. The minimum atomic E-state index is -0.719. The number of hydrogen-bond acceptors (Lipinski definition) is 6. The smallest absolute Gasteiger partial charge is 0.251 e. The second kappa shape index (κ2) is 16.6. The van der Waals surface area contributed by atoms with E-state index in [1.54, 1.807) is 43.5 Å². The van der Waals surface area contributed by atoms with E-state index in [0.717, 1.165) is 16.7 Å². The van der Waals surface area contributed by atoms with E-state index >= 15 is 0 Å². The third-order valence-electron chi connectivity index (χ3n) is 7.45. The zero-order valence-corrected chi connectivity index (χ0v) is 25.6. The standard InChI is InChI=1S/C36H40N4O5/c1-3-45-31-19-13-28(14-20-31)33(23-39-34(41)29-15-17-30(44-2)18-16-29)36(43)40-24-32(27-7-5-4-6-8-27)35(42)38-22-26-11-9-25(21-37)10-12-26/h4-20,32-33H,3,21-24,37H2,1-2H3,(H,38,42)(H,39,41)(H,40,43)/t32-,33+/m0/s1. The van der Waals surface area contributed by atoms with Gasteiger partial charge in [0.15, 0.2) is 0 Å². The average molecular weight is 609 g/mol. The van der Waals surface area contributed by atoms with Crippen molar-refractivity contribution in [3.63, 3.8) is 0 Å². The number of benzene rings is 4. The molecule has 2 atom stereocenters. The van der Waals surface area contributed by atoms with Crippen LogP contribution in [0.15, 0.2) is 103 Å². The summed E-state index contributed by atoms with van der Waals surface area (Å²) in [5.74, 6) is -0.879. The molecule has 45 heavy (non-hydrogen) atoms. The van der Waals surface area contributed by atoms with E-state index in [2.05, 4.69) is 16.0 Å². The van der Waals surface area contributed by atoms with Gasteiger partial charge in [0.05, 0.1) is 25.6 Å².